The van der Waals surface area contributed by atoms with Gasteiger partial charge in [-0.3, -0.25) is 0 Å². The number of para-hydroxylation sites is 1. The maximum absolute atomic E-state index is 13.2. The first-order valence-electron chi connectivity index (χ1n) is 7.48. The third-order valence-corrected chi connectivity index (χ3v) is 6.39. The lowest BCUT2D eigenvalue weighted by Gasteiger charge is -2.43. The fraction of sp³-hybridized carbons (Fsp3) is 0.600. The van der Waals surface area contributed by atoms with Crippen molar-refractivity contribution in [3.8, 4) is 11.5 Å². The lowest BCUT2D eigenvalue weighted by Crippen LogP contribution is -2.56. The van der Waals surface area contributed by atoms with Crippen molar-refractivity contribution >= 4 is 10.0 Å². The van der Waals surface area contributed by atoms with Crippen LogP contribution < -0.4 is 9.47 Å². The second-order valence-corrected chi connectivity index (χ2v) is 7.59. The van der Waals surface area contributed by atoms with E-state index in [1.807, 2.05) is 13.8 Å². The van der Waals surface area contributed by atoms with Crippen molar-refractivity contribution in [3.63, 3.8) is 0 Å². The van der Waals surface area contributed by atoms with Crippen molar-refractivity contribution in [3.05, 3.63) is 18.2 Å². The molecule has 1 atom stereocenters. The molecular weight excluding hydrogens is 306 g/mol. The third-order valence-electron chi connectivity index (χ3n) is 4.31. The second-order valence-electron chi connectivity index (χ2n) is 5.76. The molecule has 1 unspecified atom stereocenters. The highest BCUT2D eigenvalue weighted by atomic mass is 32.2. The van der Waals surface area contributed by atoms with E-state index in [0.29, 0.717) is 50.9 Å². The van der Waals surface area contributed by atoms with Crippen LogP contribution in [0.15, 0.2) is 23.1 Å². The number of nitrogens with zero attached hydrogens (tertiary/aromatic N) is 1. The van der Waals surface area contributed by atoms with Gasteiger partial charge in [-0.2, -0.15) is 4.31 Å². The number of hydrogen-bond donors (Lipinski definition) is 0. The molecule has 0 radical (unpaired) electrons. The zero-order valence-electron chi connectivity index (χ0n) is 12.9. The highest BCUT2D eigenvalue weighted by Crippen LogP contribution is 2.40. The standard InChI is InChI=1S/C15H21NO5S/c1-3-15(2)11-19-8-7-16(15)22(17,18)13-6-4-5-12-14(13)21-10-9-20-12/h4-6H,3,7-11H2,1-2H3. The Labute approximate surface area is 131 Å². The average molecular weight is 327 g/mol. The van der Waals surface area contributed by atoms with Crippen LogP contribution in [0.2, 0.25) is 0 Å². The predicted molar refractivity (Wildman–Crippen MR) is 80.8 cm³/mol. The summed E-state index contributed by atoms with van der Waals surface area (Å²) >= 11 is 0. The summed E-state index contributed by atoms with van der Waals surface area (Å²) in [6, 6.07) is 4.99. The van der Waals surface area contributed by atoms with Crippen molar-refractivity contribution < 1.29 is 22.6 Å². The zero-order chi connectivity index (χ0) is 15.8. The summed E-state index contributed by atoms with van der Waals surface area (Å²) in [5, 5.41) is 0. The molecule has 0 bridgehead atoms. The van der Waals surface area contributed by atoms with E-state index in [2.05, 4.69) is 0 Å². The zero-order valence-corrected chi connectivity index (χ0v) is 13.7. The summed E-state index contributed by atoms with van der Waals surface area (Å²) in [6.45, 7) is 5.82. The molecule has 1 aromatic carbocycles. The Morgan fingerprint density at radius 2 is 2.00 bits per heavy atom. The van der Waals surface area contributed by atoms with Crippen molar-refractivity contribution in [2.24, 2.45) is 0 Å². The Morgan fingerprint density at radius 3 is 2.77 bits per heavy atom. The van der Waals surface area contributed by atoms with Crippen LogP contribution in [0.3, 0.4) is 0 Å². The molecule has 1 fully saturated rings. The van der Waals surface area contributed by atoms with Gasteiger partial charge in [-0.15, -0.1) is 0 Å². The lowest BCUT2D eigenvalue weighted by molar-refractivity contribution is -0.0187. The summed E-state index contributed by atoms with van der Waals surface area (Å²) in [5.74, 6) is 0.803. The minimum Gasteiger partial charge on any atom is -0.486 e. The molecule has 3 rings (SSSR count). The van der Waals surface area contributed by atoms with E-state index in [1.54, 1.807) is 18.2 Å². The molecule has 1 aromatic rings. The minimum atomic E-state index is -3.67. The van der Waals surface area contributed by atoms with Gasteiger partial charge in [0, 0.05) is 6.54 Å². The summed E-state index contributed by atoms with van der Waals surface area (Å²) in [5.41, 5.74) is -0.546. The normalized spacial score (nSPS) is 25.9. The maximum atomic E-state index is 13.2. The van der Waals surface area contributed by atoms with Gasteiger partial charge in [-0.25, -0.2) is 8.42 Å². The van der Waals surface area contributed by atoms with Gasteiger partial charge in [0.1, 0.15) is 18.1 Å². The van der Waals surface area contributed by atoms with Crippen LogP contribution in [0, 0.1) is 0 Å². The number of rotatable bonds is 3. The molecule has 122 valence electrons. The minimum absolute atomic E-state index is 0.172. The molecule has 0 aliphatic carbocycles. The third kappa shape index (κ3) is 2.47. The monoisotopic (exact) mass is 327 g/mol. The first-order valence-corrected chi connectivity index (χ1v) is 8.92. The van der Waals surface area contributed by atoms with E-state index in [9.17, 15) is 8.42 Å². The van der Waals surface area contributed by atoms with Gasteiger partial charge in [0.25, 0.3) is 0 Å². The van der Waals surface area contributed by atoms with Crippen LogP contribution in [-0.4, -0.2) is 51.2 Å². The average Bonchev–Trinajstić information content (AvgIpc) is 2.54. The molecule has 6 nitrogen and oxygen atoms in total. The largest absolute Gasteiger partial charge is 0.486 e. The fourth-order valence-corrected chi connectivity index (χ4v) is 4.80. The quantitative estimate of drug-likeness (QED) is 0.844. The smallest absolute Gasteiger partial charge is 0.247 e. The first-order chi connectivity index (χ1) is 10.5. The van der Waals surface area contributed by atoms with Gasteiger partial charge in [0.05, 0.1) is 18.8 Å². The topological polar surface area (TPSA) is 65.1 Å². The second kappa shape index (κ2) is 5.72. The summed E-state index contributed by atoms with van der Waals surface area (Å²) < 4.78 is 44.4. The Balaban J connectivity index is 2.06. The van der Waals surface area contributed by atoms with Crippen molar-refractivity contribution in [2.45, 2.75) is 30.7 Å². The molecule has 0 spiro atoms. The van der Waals surface area contributed by atoms with E-state index < -0.39 is 15.6 Å². The van der Waals surface area contributed by atoms with Crippen molar-refractivity contribution in [1.29, 1.82) is 0 Å². The van der Waals surface area contributed by atoms with Gasteiger partial charge >= 0.3 is 0 Å². The Bertz CT molecular complexity index is 660. The van der Waals surface area contributed by atoms with Gasteiger partial charge in [-0.05, 0) is 25.5 Å². The SMILES string of the molecule is CCC1(C)COCCN1S(=O)(=O)c1cccc2c1OCCO2. The summed E-state index contributed by atoms with van der Waals surface area (Å²) in [4.78, 5) is 0.172. The molecular formula is C15H21NO5S. The highest BCUT2D eigenvalue weighted by Gasteiger charge is 2.43. The van der Waals surface area contributed by atoms with Crippen LogP contribution in [0.5, 0.6) is 11.5 Å². The van der Waals surface area contributed by atoms with Crippen molar-refractivity contribution in [1.82, 2.24) is 4.31 Å². The molecule has 2 heterocycles. The number of ether oxygens (including phenoxy) is 3. The summed E-state index contributed by atoms with van der Waals surface area (Å²) in [6.07, 6.45) is 0.679. The molecule has 0 saturated carbocycles. The van der Waals surface area contributed by atoms with Gasteiger partial charge in [0.2, 0.25) is 10.0 Å². The van der Waals surface area contributed by atoms with E-state index >= 15 is 0 Å². The predicted octanol–water partition coefficient (Wildman–Crippen LogP) is 1.65. The van der Waals surface area contributed by atoms with E-state index in [4.69, 9.17) is 14.2 Å². The van der Waals surface area contributed by atoms with Gasteiger partial charge in [0.15, 0.2) is 11.5 Å². The number of fused-ring (bicyclic) bond motifs is 1. The van der Waals surface area contributed by atoms with E-state index in [1.165, 1.54) is 4.31 Å². The van der Waals surface area contributed by atoms with E-state index in [0.717, 1.165) is 0 Å². The maximum Gasteiger partial charge on any atom is 0.247 e. The molecule has 7 heteroatoms. The molecule has 2 aliphatic heterocycles. The Kier molecular flexibility index (Phi) is 4.05. The molecule has 2 aliphatic rings. The van der Waals surface area contributed by atoms with E-state index in [-0.39, 0.29) is 4.90 Å². The molecule has 1 saturated heterocycles. The highest BCUT2D eigenvalue weighted by molar-refractivity contribution is 7.89. The van der Waals surface area contributed by atoms with Crippen LogP contribution >= 0.6 is 0 Å². The molecule has 0 N–H and O–H groups in total. The number of sulfonamides is 1. The van der Waals surface area contributed by atoms with Crippen molar-refractivity contribution in [2.75, 3.05) is 33.0 Å². The number of morpholine rings is 1. The lowest BCUT2D eigenvalue weighted by atomic mass is 9.99. The molecule has 0 amide bonds. The number of benzene rings is 1. The molecule has 22 heavy (non-hydrogen) atoms. The summed E-state index contributed by atoms with van der Waals surface area (Å²) in [7, 11) is -3.67. The number of hydrogen-bond acceptors (Lipinski definition) is 5. The van der Waals surface area contributed by atoms with Crippen LogP contribution in [0.4, 0.5) is 0 Å². The van der Waals surface area contributed by atoms with Gasteiger partial charge in [-0.1, -0.05) is 13.0 Å². The van der Waals surface area contributed by atoms with Gasteiger partial charge < -0.3 is 14.2 Å². The Hall–Kier alpha value is -1.31. The Morgan fingerprint density at radius 1 is 1.23 bits per heavy atom. The molecule has 0 aromatic heterocycles. The van der Waals surface area contributed by atoms with Crippen LogP contribution in [0.25, 0.3) is 0 Å². The van der Waals surface area contributed by atoms with Crippen LogP contribution in [0.1, 0.15) is 20.3 Å². The van der Waals surface area contributed by atoms with Crippen LogP contribution in [-0.2, 0) is 14.8 Å². The first kappa shape index (κ1) is 15.6. The fourth-order valence-electron chi connectivity index (χ4n) is 2.84.